The number of ether oxygens (including phenoxy) is 3. The molecule has 0 aliphatic rings. The van der Waals surface area contributed by atoms with Crippen LogP contribution in [0.15, 0.2) is 65.6 Å². The van der Waals surface area contributed by atoms with Crippen molar-refractivity contribution in [3.63, 3.8) is 0 Å². The van der Waals surface area contributed by atoms with Crippen LogP contribution in [-0.4, -0.2) is 35.7 Å². The number of rotatable bonds is 8. The molecule has 0 aromatic heterocycles. The van der Waals surface area contributed by atoms with E-state index < -0.39 is 15.9 Å². The summed E-state index contributed by atoms with van der Waals surface area (Å²) in [6.45, 7) is 0. The molecule has 31 heavy (non-hydrogen) atoms. The SMILES string of the molecule is COc1cc(S(=O)(=O)Nc2ccccc2-c2ccccc2C(N)=O)cc(OC)c1OC. The zero-order valence-corrected chi connectivity index (χ0v) is 18.0. The van der Waals surface area contributed by atoms with E-state index in [2.05, 4.69) is 4.72 Å². The quantitative estimate of drug-likeness (QED) is 0.553. The zero-order valence-electron chi connectivity index (χ0n) is 17.2. The third-order valence-corrected chi connectivity index (χ3v) is 5.95. The fourth-order valence-electron chi connectivity index (χ4n) is 3.16. The van der Waals surface area contributed by atoms with Crippen molar-refractivity contribution in [2.45, 2.75) is 4.90 Å². The van der Waals surface area contributed by atoms with Crippen LogP contribution in [0, 0.1) is 0 Å². The Labute approximate surface area is 180 Å². The fourth-order valence-corrected chi connectivity index (χ4v) is 4.27. The maximum atomic E-state index is 13.2. The molecule has 0 saturated heterocycles. The lowest BCUT2D eigenvalue weighted by Gasteiger charge is -2.17. The van der Waals surface area contributed by atoms with E-state index in [1.165, 1.54) is 33.5 Å². The van der Waals surface area contributed by atoms with Gasteiger partial charge in [-0.1, -0.05) is 36.4 Å². The number of nitrogens with two attached hydrogens (primary N) is 1. The van der Waals surface area contributed by atoms with Gasteiger partial charge in [-0.05, 0) is 17.7 Å². The van der Waals surface area contributed by atoms with Crippen LogP contribution in [0.25, 0.3) is 11.1 Å². The van der Waals surface area contributed by atoms with E-state index in [0.29, 0.717) is 11.1 Å². The second-order valence-corrected chi connectivity index (χ2v) is 8.10. The minimum Gasteiger partial charge on any atom is -0.493 e. The van der Waals surface area contributed by atoms with E-state index in [-0.39, 0.29) is 33.4 Å². The van der Waals surface area contributed by atoms with Crippen LogP contribution in [-0.2, 0) is 10.0 Å². The maximum absolute atomic E-state index is 13.2. The molecule has 1 amide bonds. The molecule has 0 aliphatic heterocycles. The van der Waals surface area contributed by atoms with E-state index in [4.69, 9.17) is 19.9 Å². The predicted octanol–water partition coefficient (Wildman–Crippen LogP) is 3.28. The molecule has 3 N–H and O–H groups in total. The van der Waals surface area contributed by atoms with Crippen molar-refractivity contribution < 1.29 is 27.4 Å². The number of carbonyl (C=O) groups is 1. The number of methoxy groups -OCH3 is 3. The first kappa shape index (κ1) is 22.0. The molecule has 3 aromatic rings. The first-order valence-electron chi connectivity index (χ1n) is 9.13. The highest BCUT2D eigenvalue weighted by atomic mass is 32.2. The van der Waals surface area contributed by atoms with Gasteiger partial charge in [0.05, 0.1) is 31.9 Å². The largest absolute Gasteiger partial charge is 0.493 e. The van der Waals surface area contributed by atoms with Gasteiger partial charge < -0.3 is 19.9 Å². The van der Waals surface area contributed by atoms with E-state index in [0.717, 1.165) is 0 Å². The van der Waals surface area contributed by atoms with Crippen molar-refractivity contribution >= 4 is 21.6 Å². The summed E-state index contributed by atoms with van der Waals surface area (Å²) in [6.07, 6.45) is 0. The van der Waals surface area contributed by atoms with Crippen LogP contribution in [0.5, 0.6) is 17.2 Å². The lowest BCUT2D eigenvalue weighted by atomic mass is 9.98. The first-order chi connectivity index (χ1) is 14.8. The van der Waals surface area contributed by atoms with Gasteiger partial charge in [-0.3, -0.25) is 9.52 Å². The number of carbonyl (C=O) groups excluding carboxylic acids is 1. The van der Waals surface area contributed by atoms with Crippen molar-refractivity contribution in [2.75, 3.05) is 26.1 Å². The Morgan fingerprint density at radius 1 is 0.839 bits per heavy atom. The third-order valence-electron chi connectivity index (χ3n) is 4.60. The molecule has 0 fully saturated rings. The molecule has 162 valence electrons. The van der Waals surface area contributed by atoms with Crippen LogP contribution in [0.1, 0.15) is 10.4 Å². The van der Waals surface area contributed by atoms with Crippen LogP contribution in [0.2, 0.25) is 0 Å². The Hall–Kier alpha value is -3.72. The van der Waals surface area contributed by atoms with Crippen molar-refractivity contribution in [1.82, 2.24) is 0 Å². The summed E-state index contributed by atoms with van der Waals surface area (Å²) in [5.41, 5.74) is 7.08. The van der Waals surface area contributed by atoms with Crippen LogP contribution in [0.4, 0.5) is 5.69 Å². The number of primary amides is 1. The monoisotopic (exact) mass is 442 g/mol. The number of nitrogens with one attached hydrogen (secondary N) is 1. The molecule has 0 spiro atoms. The molecule has 3 rings (SSSR count). The Bertz CT molecular complexity index is 1200. The average molecular weight is 442 g/mol. The van der Waals surface area contributed by atoms with Gasteiger partial charge in [-0.25, -0.2) is 8.42 Å². The fraction of sp³-hybridized carbons (Fsp3) is 0.136. The normalized spacial score (nSPS) is 10.9. The Morgan fingerprint density at radius 3 is 1.94 bits per heavy atom. The van der Waals surface area contributed by atoms with Gasteiger partial charge >= 0.3 is 0 Å². The number of hydrogen-bond acceptors (Lipinski definition) is 6. The van der Waals surface area contributed by atoms with Gasteiger partial charge in [0.15, 0.2) is 11.5 Å². The zero-order chi connectivity index (χ0) is 22.6. The number of sulfonamides is 1. The first-order valence-corrected chi connectivity index (χ1v) is 10.6. The summed E-state index contributed by atoms with van der Waals surface area (Å²) in [5.74, 6) is 0.0711. The van der Waals surface area contributed by atoms with Crippen molar-refractivity contribution in [3.05, 3.63) is 66.2 Å². The van der Waals surface area contributed by atoms with Gasteiger partial charge in [0.25, 0.3) is 10.0 Å². The van der Waals surface area contributed by atoms with Crippen molar-refractivity contribution in [3.8, 4) is 28.4 Å². The standard InChI is InChI=1S/C22H22N2O6S/c1-28-19-12-14(13-20(29-2)21(19)30-3)31(26,27)24-18-11-7-6-9-16(18)15-8-4-5-10-17(15)22(23)25/h4-13,24H,1-3H3,(H2,23,25). The number of benzene rings is 3. The van der Waals surface area contributed by atoms with Crippen LogP contribution in [0.3, 0.4) is 0 Å². The van der Waals surface area contributed by atoms with E-state index in [1.54, 1.807) is 48.5 Å². The minimum absolute atomic E-state index is 0.0833. The summed E-state index contributed by atoms with van der Waals surface area (Å²) in [4.78, 5) is 11.8. The highest BCUT2D eigenvalue weighted by Crippen LogP contribution is 2.40. The Kier molecular flexibility index (Phi) is 6.36. The molecular weight excluding hydrogens is 420 g/mol. The summed E-state index contributed by atoms with van der Waals surface area (Å²) < 4.78 is 44.7. The summed E-state index contributed by atoms with van der Waals surface area (Å²) in [5, 5.41) is 0. The molecule has 0 bridgehead atoms. The smallest absolute Gasteiger partial charge is 0.262 e. The Morgan fingerprint density at radius 2 is 1.39 bits per heavy atom. The average Bonchev–Trinajstić information content (AvgIpc) is 2.78. The number of para-hydroxylation sites is 1. The minimum atomic E-state index is -4.05. The molecule has 0 unspecified atom stereocenters. The number of hydrogen-bond donors (Lipinski definition) is 2. The van der Waals surface area contributed by atoms with Crippen LogP contribution < -0.4 is 24.7 Å². The molecule has 8 nitrogen and oxygen atoms in total. The van der Waals surface area contributed by atoms with E-state index in [9.17, 15) is 13.2 Å². The topological polar surface area (TPSA) is 117 Å². The molecular formula is C22H22N2O6S. The maximum Gasteiger partial charge on any atom is 0.262 e. The lowest BCUT2D eigenvalue weighted by molar-refractivity contribution is 0.100. The molecule has 0 aliphatic carbocycles. The van der Waals surface area contributed by atoms with Crippen LogP contribution >= 0.6 is 0 Å². The molecule has 0 atom stereocenters. The predicted molar refractivity (Wildman–Crippen MR) is 117 cm³/mol. The molecule has 0 saturated carbocycles. The van der Waals surface area contributed by atoms with Gasteiger partial charge in [0.1, 0.15) is 0 Å². The molecule has 9 heteroatoms. The third kappa shape index (κ3) is 4.41. The van der Waals surface area contributed by atoms with Crippen molar-refractivity contribution in [1.29, 1.82) is 0 Å². The summed E-state index contributed by atoms with van der Waals surface area (Å²) in [7, 11) is 0.181. The molecule has 3 aromatic carbocycles. The molecule has 0 radical (unpaired) electrons. The highest BCUT2D eigenvalue weighted by molar-refractivity contribution is 7.92. The van der Waals surface area contributed by atoms with Crippen molar-refractivity contribution in [2.24, 2.45) is 5.73 Å². The second-order valence-electron chi connectivity index (χ2n) is 6.42. The van der Waals surface area contributed by atoms with Gasteiger partial charge in [0, 0.05) is 23.3 Å². The lowest BCUT2D eigenvalue weighted by Crippen LogP contribution is -2.15. The second kappa shape index (κ2) is 8.97. The summed E-state index contributed by atoms with van der Waals surface area (Å²) in [6, 6.07) is 16.1. The van der Waals surface area contributed by atoms with Gasteiger partial charge in [-0.2, -0.15) is 0 Å². The summed E-state index contributed by atoms with van der Waals surface area (Å²) >= 11 is 0. The van der Waals surface area contributed by atoms with E-state index in [1.807, 2.05) is 0 Å². The highest BCUT2D eigenvalue weighted by Gasteiger charge is 2.23. The Balaban J connectivity index is 2.10. The number of amides is 1. The molecule has 0 heterocycles. The van der Waals surface area contributed by atoms with Gasteiger partial charge in [-0.15, -0.1) is 0 Å². The van der Waals surface area contributed by atoms with E-state index >= 15 is 0 Å². The number of anilines is 1. The van der Waals surface area contributed by atoms with Gasteiger partial charge in [0.2, 0.25) is 11.7 Å².